The van der Waals surface area contributed by atoms with E-state index >= 15 is 0 Å². The lowest BCUT2D eigenvalue weighted by atomic mass is 10.2. The average molecular weight is 456 g/mol. The second kappa shape index (κ2) is 7.93. The Morgan fingerprint density at radius 3 is 2.23 bits per heavy atom. The van der Waals surface area contributed by atoms with Crippen LogP contribution in [0.2, 0.25) is 0 Å². The van der Waals surface area contributed by atoms with Gasteiger partial charge in [-0.15, -0.1) is 0 Å². The second-order valence-electron chi connectivity index (χ2n) is 6.59. The van der Waals surface area contributed by atoms with Crippen molar-refractivity contribution in [3.63, 3.8) is 0 Å². The molecule has 0 spiro atoms. The third-order valence-corrected chi connectivity index (χ3v) is 7.08. The number of para-hydroxylation sites is 1. The Kier molecular flexibility index (Phi) is 5.29. The van der Waals surface area contributed by atoms with Gasteiger partial charge in [0.1, 0.15) is 4.90 Å². The smallest absolute Gasteiger partial charge is 0.264 e. The van der Waals surface area contributed by atoms with E-state index in [1.54, 1.807) is 37.3 Å². The summed E-state index contributed by atoms with van der Waals surface area (Å²) in [5, 5.41) is 0.691. The summed E-state index contributed by atoms with van der Waals surface area (Å²) in [6.45, 7) is 1.71. The van der Waals surface area contributed by atoms with Crippen LogP contribution in [0.4, 0.5) is 11.6 Å². The Labute approximate surface area is 179 Å². The number of aromatic nitrogens is 3. The summed E-state index contributed by atoms with van der Waals surface area (Å²) in [6.07, 6.45) is 2.96. The van der Waals surface area contributed by atoms with Crippen molar-refractivity contribution in [3.05, 3.63) is 78.8 Å². The van der Waals surface area contributed by atoms with Crippen molar-refractivity contribution in [3.8, 4) is 0 Å². The van der Waals surface area contributed by atoms with Gasteiger partial charge in [-0.2, -0.15) is 0 Å². The van der Waals surface area contributed by atoms with Crippen molar-refractivity contribution >= 4 is 42.6 Å². The normalized spacial score (nSPS) is 11.9. The molecule has 2 N–H and O–H groups in total. The van der Waals surface area contributed by atoms with Crippen LogP contribution in [0.1, 0.15) is 5.69 Å². The first-order chi connectivity index (χ1) is 14.7. The molecule has 0 aliphatic heterocycles. The minimum absolute atomic E-state index is 0.0283. The summed E-state index contributed by atoms with van der Waals surface area (Å²) in [5.41, 5.74) is 1.16. The maximum atomic E-state index is 12.9. The van der Waals surface area contributed by atoms with E-state index in [9.17, 15) is 16.8 Å². The molecule has 11 heteroatoms. The molecular weight excluding hydrogens is 438 g/mol. The predicted octanol–water partition coefficient (Wildman–Crippen LogP) is 2.93. The molecular formula is C20H17N5O4S2. The van der Waals surface area contributed by atoms with E-state index < -0.39 is 20.0 Å². The van der Waals surface area contributed by atoms with Gasteiger partial charge in [-0.05, 0) is 49.4 Å². The lowest BCUT2D eigenvalue weighted by Crippen LogP contribution is -2.16. The van der Waals surface area contributed by atoms with Crippen molar-refractivity contribution in [2.24, 2.45) is 0 Å². The molecule has 0 saturated carbocycles. The largest absolute Gasteiger partial charge is 0.280 e. The van der Waals surface area contributed by atoms with Crippen LogP contribution < -0.4 is 9.44 Å². The van der Waals surface area contributed by atoms with E-state index in [4.69, 9.17) is 0 Å². The first-order valence-electron chi connectivity index (χ1n) is 9.04. The van der Waals surface area contributed by atoms with Crippen LogP contribution in [0.25, 0.3) is 10.9 Å². The number of pyridine rings is 1. The van der Waals surface area contributed by atoms with Gasteiger partial charge >= 0.3 is 0 Å². The Hall–Kier alpha value is -3.57. The minimum atomic E-state index is -3.94. The van der Waals surface area contributed by atoms with Crippen LogP contribution >= 0.6 is 0 Å². The number of anilines is 2. The highest BCUT2D eigenvalue weighted by Crippen LogP contribution is 2.24. The Morgan fingerprint density at radius 2 is 1.48 bits per heavy atom. The van der Waals surface area contributed by atoms with Crippen LogP contribution in [0.5, 0.6) is 0 Å². The molecule has 0 radical (unpaired) electrons. The fraction of sp³-hybridized carbons (Fsp3) is 0.0500. The molecule has 0 amide bonds. The number of fused-ring (bicyclic) bond motifs is 1. The molecule has 0 unspecified atom stereocenters. The van der Waals surface area contributed by atoms with E-state index in [2.05, 4.69) is 24.4 Å². The zero-order valence-corrected chi connectivity index (χ0v) is 17.9. The number of rotatable bonds is 6. The fourth-order valence-electron chi connectivity index (χ4n) is 2.88. The van der Waals surface area contributed by atoms with E-state index in [-0.39, 0.29) is 21.4 Å². The number of benzene rings is 2. The number of aryl methyl sites for hydroxylation is 1. The molecule has 0 aliphatic carbocycles. The van der Waals surface area contributed by atoms with Crippen LogP contribution in [0.15, 0.2) is 82.8 Å². The highest BCUT2D eigenvalue weighted by molar-refractivity contribution is 7.93. The van der Waals surface area contributed by atoms with E-state index in [0.717, 1.165) is 0 Å². The predicted molar refractivity (Wildman–Crippen MR) is 117 cm³/mol. The fourth-order valence-corrected chi connectivity index (χ4v) is 5.07. The van der Waals surface area contributed by atoms with Gasteiger partial charge in [0.2, 0.25) is 5.95 Å². The Balaban J connectivity index is 1.58. The second-order valence-corrected chi connectivity index (χ2v) is 9.92. The van der Waals surface area contributed by atoms with Crippen molar-refractivity contribution in [1.82, 2.24) is 15.0 Å². The summed E-state index contributed by atoms with van der Waals surface area (Å²) in [6, 6.07) is 15.3. The molecule has 158 valence electrons. The van der Waals surface area contributed by atoms with E-state index in [1.165, 1.54) is 42.7 Å². The standard InChI is InChI=1S/C20H17N5O4S2/c1-14-11-13-22-20(23-14)25-30(26,27)17-9-7-16(8-10-17)24-31(28,29)18-6-2-4-15-5-3-12-21-19(15)18/h2-13,24H,1H3,(H,22,23,25). The van der Waals surface area contributed by atoms with Crippen LogP contribution in [-0.4, -0.2) is 31.8 Å². The molecule has 0 aliphatic rings. The maximum absolute atomic E-state index is 12.9. The molecule has 9 nitrogen and oxygen atoms in total. The Bertz CT molecular complexity index is 1470. The quantitative estimate of drug-likeness (QED) is 0.457. The molecule has 4 aromatic rings. The summed E-state index contributed by atoms with van der Waals surface area (Å²) >= 11 is 0. The molecule has 0 bridgehead atoms. The lowest BCUT2D eigenvalue weighted by Gasteiger charge is -2.11. The maximum Gasteiger partial charge on any atom is 0.264 e. The third-order valence-electron chi connectivity index (χ3n) is 4.32. The molecule has 2 aromatic heterocycles. The van der Waals surface area contributed by atoms with Crippen molar-refractivity contribution in [2.75, 3.05) is 9.44 Å². The molecule has 4 rings (SSSR count). The number of hydrogen-bond donors (Lipinski definition) is 2. The molecule has 0 saturated heterocycles. The first-order valence-corrected chi connectivity index (χ1v) is 12.0. The van der Waals surface area contributed by atoms with Gasteiger partial charge in [0.15, 0.2) is 0 Å². The van der Waals surface area contributed by atoms with Gasteiger partial charge in [-0.1, -0.05) is 18.2 Å². The number of nitrogens with zero attached hydrogens (tertiary/aromatic N) is 3. The molecule has 31 heavy (non-hydrogen) atoms. The average Bonchev–Trinajstić information content (AvgIpc) is 2.73. The van der Waals surface area contributed by atoms with Crippen molar-refractivity contribution in [1.29, 1.82) is 0 Å². The van der Waals surface area contributed by atoms with E-state index in [1.807, 2.05) is 0 Å². The topological polar surface area (TPSA) is 131 Å². The van der Waals surface area contributed by atoms with Crippen LogP contribution in [-0.2, 0) is 20.0 Å². The van der Waals surface area contributed by atoms with Gasteiger partial charge in [-0.25, -0.2) is 31.5 Å². The van der Waals surface area contributed by atoms with Crippen molar-refractivity contribution < 1.29 is 16.8 Å². The summed E-state index contributed by atoms with van der Waals surface area (Å²) in [5.74, 6) is -0.0479. The highest BCUT2D eigenvalue weighted by atomic mass is 32.2. The van der Waals surface area contributed by atoms with Crippen LogP contribution in [0.3, 0.4) is 0 Å². The number of sulfonamides is 2. The van der Waals surface area contributed by atoms with E-state index in [0.29, 0.717) is 16.6 Å². The van der Waals surface area contributed by atoms with Gasteiger partial charge in [0.25, 0.3) is 20.0 Å². The molecule has 0 atom stereocenters. The highest BCUT2D eigenvalue weighted by Gasteiger charge is 2.20. The summed E-state index contributed by atoms with van der Waals surface area (Å²) in [7, 11) is -7.87. The van der Waals surface area contributed by atoms with Gasteiger partial charge < -0.3 is 0 Å². The van der Waals surface area contributed by atoms with Gasteiger partial charge in [0, 0.05) is 29.2 Å². The first kappa shape index (κ1) is 20.7. The SMILES string of the molecule is Cc1ccnc(NS(=O)(=O)c2ccc(NS(=O)(=O)c3cccc4cccnc34)cc2)n1. The number of hydrogen-bond acceptors (Lipinski definition) is 7. The molecule has 2 aromatic carbocycles. The van der Waals surface area contributed by atoms with Crippen molar-refractivity contribution in [2.45, 2.75) is 16.7 Å². The zero-order chi connectivity index (χ0) is 22.1. The third kappa shape index (κ3) is 4.47. The van der Waals surface area contributed by atoms with Gasteiger partial charge in [-0.3, -0.25) is 9.71 Å². The molecule has 2 heterocycles. The zero-order valence-electron chi connectivity index (χ0n) is 16.2. The van der Waals surface area contributed by atoms with Crippen LogP contribution in [0, 0.1) is 6.92 Å². The Morgan fingerprint density at radius 1 is 0.742 bits per heavy atom. The summed E-state index contributed by atoms with van der Waals surface area (Å²) in [4.78, 5) is 12.0. The minimum Gasteiger partial charge on any atom is -0.280 e. The monoisotopic (exact) mass is 455 g/mol. The number of nitrogens with one attached hydrogen (secondary N) is 2. The van der Waals surface area contributed by atoms with Gasteiger partial charge in [0.05, 0.1) is 10.4 Å². The molecule has 0 fully saturated rings. The lowest BCUT2D eigenvalue weighted by molar-refractivity contribution is 0.600. The summed E-state index contributed by atoms with van der Waals surface area (Å²) < 4.78 is 55.6.